The molecule has 0 atom stereocenters. The Balaban J connectivity index is 8.00. The van der Waals surface area contributed by atoms with Crippen molar-refractivity contribution in [1.82, 2.24) is 0 Å². The molecule has 188 valence electrons. The van der Waals surface area contributed by atoms with Gasteiger partial charge in [0.15, 0.2) is 0 Å². The van der Waals surface area contributed by atoms with Crippen molar-refractivity contribution < 1.29 is 0 Å². The molecule has 0 heterocycles. The fraction of sp³-hybridized carbons (Fsp3) is 1.00. The summed E-state index contributed by atoms with van der Waals surface area (Å²) in [5.74, 6) is 0. The van der Waals surface area contributed by atoms with Crippen LogP contribution in [-0.2, 0) is 0 Å². The molecule has 0 fully saturated rings. The topological polar surface area (TPSA) is 24.7 Å². The molecule has 0 unspecified atom stereocenters. The van der Waals surface area contributed by atoms with E-state index in [2.05, 4.69) is 135 Å². The van der Waals surface area contributed by atoms with Crippen LogP contribution in [0.15, 0.2) is 5.93 Å². The third kappa shape index (κ3) is 5.92. The Morgan fingerprint density at radius 3 is 0.581 bits per heavy atom. The molecule has 2 nitrogen and oxygen atoms in total. The normalized spacial score (nSPS) is 16.4. The van der Waals surface area contributed by atoms with Gasteiger partial charge in [0.2, 0.25) is 0 Å². The van der Waals surface area contributed by atoms with Crippen LogP contribution in [0.5, 0.6) is 0 Å². The second-order valence-electron chi connectivity index (χ2n) is 16.0. The van der Waals surface area contributed by atoms with Crippen LogP contribution in [-0.4, -0.2) is 49.9 Å². The first-order valence-electron chi connectivity index (χ1n) is 12.2. The van der Waals surface area contributed by atoms with Gasteiger partial charge in [0.05, 0.1) is 0 Å². The number of hydrogen-bond acceptors (Lipinski definition) is 2. The third-order valence-corrected chi connectivity index (χ3v) is 33.4. The first-order valence-corrected chi connectivity index (χ1v) is 23.9. The van der Waals surface area contributed by atoms with Gasteiger partial charge < -0.3 is 0 Å². The molecule has 0 spiro atoms. The van der Waals surface area contributed by atoms with Gasteiger partial charge in [0, 0.05) is 0 Å². The quantitative estimate of drug-likeness (QED) is 0.229. The molecule has 0 aromatic carbocycles. The van der Waals surface area contributed by atoms with Crippen molar-refractivity contribution in [1.29, 1.82) is 0 Å². The minimum absolute atomic E-state index is 0.152. The Morgan fingerprint density at radius 2 is 0.484 bits per heavy atom. The molecule has 0 rings (SSSR count). The predicted molar refractivity (Wildman–Crippen MR) is 155 cm³/mol. The van der Waals surface area contributed by atoms with E-state index in [0.29, 0.717) is 0 Å². The number of hydrogen-bond donors (Lipinski definition) is 0. The first kappa shape index (κ1) is 32.3. The average molecular weight is 581 g/mol. The zero-order valence-corrected chi connectivity index (χ0v) is 29.9. The van der Waals surface area contributed by atoms with Gasteiger partial charge >= 0.3 is 204 Å². The SMILES string of the molecule is CC(C)(C)P(=[N][Sn]([CH3])([CH3])[N]=P(C(C)(C)C)(C(C)(C)C)C(C)(C)C)(C(C)(C)C)C(C)(C)C. The monoisotopic (exact) mass is 582 g/mol. The van der Waals surface area contributed by atoms with Crippen molar-refractivity contribution >= 4 is 33.0 Å². The fourth-order valence-corrected chi connectivity index (χ4v) is 52.2. The van der Waals surface area contributed by atoms with Crippen LogP contribution in [0.3, 0.4) is 0 Å². The van der Waals surface area contributed by atoms with Crippen LogP contribution >= 0.6 is 14.1 Å². The van der Waals surface area contributed by atoms with Gasteiger partial charge in [-0.1, -0.05) is 0 Å². The van der Waals surface area contributed by atoms with Crippen LogP contribution in [0.4, 0.5) is 0 Å². The summed E-state index contributed by atoms with van der Waals surface area (Å²) >= 11 is -3.23. The first-order chi connectivity index (χ1) is 12.9. The van der Waals surface area contributed by atoms with Gasteiger partial charge in [-0.25, -0.2) is 0 Å². The predicted octanol–water partition coefficient (Wildman–Crippen LogP) is 10.9. The van der Waals surface area contributed by atoms with Gasteiger partial charge in [-0.2, -0.15) is 0 Å². The number of rotatable bonds is 2. The Kier molecular flexibility index (Phi) is 9.08. The second kappa shape index (κ2) is 8.73. The van der Waals surface area contributed by atoms with Crippen LogP contribution in [0.1, 0.15) is 125 Å². The van der Waals surface area contributed by atoms with E-state index in [1.807, 2.05) is 0 Å². The standard InChI is InChI=1S/2C12H27NP.2CH3.Sn/c2*1-10(2,3)14(13,11(4,5)6)12(7,8)9;;;/h2*1-9H3;2*1H3;/q2*-1;;;+2. The Bertz CT molecular complexity index is 599. The molecule has 0 aromatic heterocycles. The van der Waals surface area contributed by atoms with Crippen LogP contribution in [0, 0.1) is 0 Å². The summed E-state index contributed by atoms with van der Waals surface area (Å²) in [5, 5.41) is 0.914. The van der Waals surface area contributed by atoms with E-state index >= 15 is 0 Å². The van der Waals surface area contributed by atoms with E-state index in [1.54, 1.807) is 0 Å². The van der Waals surface area contributed by atoms with Crippen LogP contribution in [0.25, 0.3) is 0 Å². The van der Waals surface area contributed by atoms with Crippen molar-refractivity contribution in [2.24, 2.45) is 5.93 Å². The van der Waals surface area contributed by atoms with Crippen molar-refractivity contribution in [3.63, 3.8) is 0 Å². The Hall–Kier alpha value is 1.26. The van der Waals surface area contributed by atoms with Crippen molar-refractivity contribution in [2.45, 2.75) is 165 Å². The Labute approximate surface area is 203 Å². The summed E-state index contributed by atoms with van der Waals surface area (Å²) < 4.78 is 12.3. The van der Waals surface area contributed by atoms with Crippen molar-refractivity contribution in [3.8, 4) is 0 Å². The van der Waals surface area contributed by atoms with Gasteiger partial charge in [-0.05, 0) is 0 Å². The van der Waals surface area contributed by atoms with E-state index in [0.717, 1.165) is 0 Å². The molecule has 0 N–H and O–H groups in total. The molecule has 0 aliphatic rings. The molecule has 0 bridgehead atoms. The summed E-state index contributed by atoms with van der Waals surface area (Å²) in [4.78, 5) is 5.01. The molecule has 0 aliphatic heterocycles. The van der Waals surface area contributed by atoms with Gasteiger partial charge in [-0.3, -0.25) is 0 Å². The molecule has 0 aromatic rings. The van der Waals surface area contributed by atoms with Gasteiger partial charge in [0.25, 0.3) is 0 Å². The molecule has 0 amide bonds. The maximum absolute atomic E-state index is 6.16. The molecule has 0 aliphatic carbocycles. The van der Waals surface area contributed by atoms with Gasteiger partial charge in [0.1, 0.15) is 0 Å². The maximum atomic E-state index is 6.16. The van der Waals surface area contributed by atoms with E-state index in [9.17, 15) is 0 Å². The molecule has 0 radical (unpaired) electrons. The summed E-state index contributed by atoms with van der Waals surface area (Å²) in [7, 11) is -3.54. The zero-order chi connectivity index (χ0) is 25.9. The molecular weight excluding hydrogens is 521 g/mol. The average Bonchev–Trinajstić information content (AvgIpc) is 2.33. The third-order valence-electron chi connectivity index (χ3n) is 6.61. The molecule has 0 saturated carbocycles. The molecule has 31 heavy (non-hydrogen) atoms. The van der Waals surface area contributed by atoms with E-state index < -0.39 is 33.0 Å². The van der Waals surface area contributed by atoms with Crippen molar-refractivity contribution in [2.75, 3.05) is 0 Å². The van der Waals surface area contributed by atoms with Gasteiger partial charge in [-0.15, -0.1) is 0 Å². The Morgan fingerprint density at radius 1 is 0.355 bits per heavy atom. The van der Waals surface area contributed by atoms with E-state index in [4.69, 9.17) is 5.93 Å². The number of nitrogens with zero attached hydrogens (tertiary/aromatic N) is 2. The minimum atomic E-state index is -3.23. The fourth-order valence-electron chi connectivity index (χ4n) is 7.69. The van der Waals surface area contributed by atoms with Crippen molar-refractivity contribution in [3.05, 3.63) is 0 Å². The van der Waals surface area contributed by atoms with Crippen LogP contribution in [0.2, 0.25) is 9.88 Å². The molecule has 0 saturated heterocycles. The summed E-state index contributed by atoms with van der Waals surface area (Å²) in [6, 6.07) is 0. The zero-order valence-electron chi connectivity index (χ0n) is 25.3. The molecule has 5 heteroatoms. The van der Waals surface area contributed by atoms with E-state index in [1.165, 1.54) is 0 Å². The van der Waals surface area contributed by atoms with Crippen LogP contribution < -0.4 is 0 Å². The summed E-state index contributed by atoms with van der Waals surface area (Å²) in [6.45, 7) is 44.0. The second-order valence-corrected chi connectivity index (χ2v) is 38.9. The summed E-state index contributed by atoms with van der Waals surface area (Å²) in [6.07, 6.45) is 0. The molecular formula is C26H60N2P2Sn. The summed E-state index contributed by atoms with van der Waals surface area (Å²) in [5.41, 5.74) is 0. The van der Waals surface area contributed by atoms with E-state index in [-0.39, 0.29) is 30.9 Å².